The Morgan fingerprint density at radius 1 is 1.60 bits per heavy atom. The summed E-state index contributed by atoms with van der Waals surface area (Å²) < 4.78 is 0. The third kappa shape index (κ3) is 3.95. The van der Waals surface area contributed by atoms with Gasteiger partial charge < -0.3 is 10.2 Å². The van der Waals surface area contributed by atoms with Gasteiger partial charge in [0.25, 0.3) is 0 Å². The number of amides is 2. The highest BCUT2D eigenvalue weighted by atomic mass is 16.2. The molecule has 0 aliphatic rings. The minimum Gasteiger partial charge on any atom is -0.331 e. The lowest BCUT2D eigenvalue weighted by molar-refractivity contribution is 0.221. The fourth-order valence-corrected chi connectivity index (χ4v) is 0.377. The lowest BCUT2D eigenvalue weighted by Gasteiger charge is -2.07. The topological polar surface area (TPSA) is 32.3 Å². The molecule has 10 heavy (non-hydrogen) atoms. The molecule has 0 saturated heterocycles. The smallest absolute Gasteiger partial charge is 0.320 e. The molecule has 0 aromatic heterocycles. The van der Waals surface area contributed by atoms with Crippen LogP contribution in [0.2, 0.25) is 0 Å². The van der Waals surface area contributed by atoms with Gasteiger partial charge in [-0.1, -0.05) is 13.0 Å². The third-order valence-corrected chi connectivity index (χ3v) is 0.967. The Morgan fingerprint density at radius 3 is 2.60 bits per heavy atom. The van der Waals surface area contributed by atoms with Gasteiger partial charge >= 0.3 is 6.03 Å². The van der Waals surface area contributed by atoms with Gasteiger partial charge in [0.15, 0.2) is 0 Å². The van der Waals surface area contributed by atoms with E-state index in [4.69, 9.17) is 0 Å². The lowest BCUT2D eigenvalue weighted by Crippen LogP contribution is -2.30. The number of rotatable bonds is 2. The first kappa shape index (κ1) is 9.01. The van der Waals surface area contributed by atoms with E-state index in [-0.39, 0.29) is 6.03 Å². The molecule has 0 unspecified atom stereocenters. The predicted octanol–water partition coefficient (Wildman–Crippen LogP) is 1.18. The second-order valence-electron chi connectivity index (χ2n) is 2.15. The number of nitrogens with one attached hydrogen (secondary N) is 1. The molecule has 1 N–H and O–H groups in total. The van der Waals surface area contributed by atoms with Gasteiger partial charge in [-0.2, -0.15) is 0 Å². The van der Waals surface area contributed by atoms with E-state index >= 15 is 0 Å². The zero-order valence-electron chi connectivity index (χ0n) is 6.72. The SMILES string of the molecule is CC/C=C/NC(=O)N(C)C. The van der Waals surface area contributed by atoms with Crippen LogP contribution in [0.1, 0.15) is 13.3 Å². The molecule has 0 aliphatic carbocycles. The van der Waals surface area contributed by atoms with Crippen molar-refractivity contribution < 1.29 is 4.79 Å². The summed E-state index contributed by atoms with van der Waals surface area (Å²) in [6.07, 6.45) is 4.48. The third-order valence-electron chi connectivity index (χ3n) is 0.967. The summed E-state index contributed by atoms with van der Waals surface area (Å²) in [6, 6.07) is -0.0929. The summed E-state index contributed by atoms with van der Waals surface area (Å²) in [6.45, 7) is 2.01. The fraction of sp³-hybridized carbons (Fsp3) is 0.571. The number of carbonyl (C=O) groups is 1. The normalized spacial score (nSPS) is 9.90. The Balaban J connectivity index is 3.49. The number of allylic oxidation sites excluding steroid dienone is 1. The summed E-state index contributed by atoms with van der Waals surface area (Å²) in [5.41, 5.74) is 0. The van der Waals surface area contributed by atoms with Gasteiger partial charge in [-0.05, 0) is 6.42 Å². The molecule has 0 atom stereocenters. The molecule has 0 aromatic carbocycles. The minimum absolute atomic E-state index is 0.0929. The van der Waals surface area contributed by atoms with Gasteiger partial charge in [-0.15, -0.1) is 0 Å². The van der Waals surface area contributed by atoms with Crippen LogP contribution in [0.5, 0.6) is 0 Å². The molecule has 0 radical (unpaired) electrons. The Morgan fingerprint density at radius 2 is 2.20 bits per heavy atom. The van der Waals surface area contributed by atoms with Gasteiger partial charge in [0.05, 0.1) is 0 Å². The van der Waals surface area contributed by atoms with Crippen LogP contribution < -0.4 is 5.32 Å². The van der Waals surface area contributed by atoms with Crippen LogP contribution in [0.4, 0.5) is 4.79 Å². The molecule has 0 bridgehead atoms. The average molecular weight is 142 g/mol. The highest BCUT2D eigenvalue weighted by Crippen LogP contribution is 1.79. The molecule has 0 spiro atoms. The van der Waals surface area contributed by atoms with Crippen molar-refractivity contribution in [1.29, 1.82) is 0 Å². The molecule has 3 nitrogen and oxygen atoms in total. The van der Waals surface area contributed by atoms with Crippen molar-refractivity contribution >= 4 is 6.03 Å². The number of urea groups is 1. The maximum Gasteiger partial charge on any atom is 0.320 e. The highest BCUT2D eigenvalue weighted by Gasteiger charge is 1.96. The van der Waals surface area contributed by atoms with Gasteiger partial charge in [0, 0.05) is 20.3 Å². The Bertz CT molecular complexity index is 130. The highest BCUT2D eigenvalue weighted by molar-refractivity contribution is 5.74. The molecule has 0 aromatic rings. The maximum atomic E-state index is 10.8. The van der Waals surface area contributed by atoms with E-state index in [1.807, 2.05) is 13.0 Å². The largest absolute Gasteiger partial charge is 0.331 e. The standard InChI is InChI=1S/C7H14N2O/c1-4-5-6-8-7(10)9(2)3/h5-6H,4H2,1-3H3,(H,8,10)/b6-5+. The van der Waals surface area contributed by atoms with Crippen LogP contribution >= 0.6 is 0 Å². The predicted molar refractivity (Wildman–Crippen MR) is 41.6 cm³/mol. The average Bonchev–Trinajstić information content (AvgIpc) is 1.88. The van der Waals surface area contributed by atoms with Gasteiger partial charge in [-0.3, -0.25) is 0 Å². The van der Waals surface area contributed by atoms with Gasteiger partial charge in [0.2, 0.25) is 0 Å². The number of hydrogen-bond acceptors (Lipinski definition) is 1. The van der Waals surface area contributed by atoms with Crippen LogP contribution in [0.15, 0.2) is 12.3 Å². The van der Waals surface area contributed by atoms with E-state index in [9.17, 15) is 4.79 Å². The summed E-state index contributed by atoms with van der Waals surface area (Å²) >= 11 is 0. The summed E-state index contributed by atoms with van der Waals surface area (Å²) in [5.74, 6) is 0. The number of hydrogen-bond donors (Lipinski definition) is 1. The van der Waals surface area contributed by atoms with E-state index in [1.165, 1.54) is 4.90 Å². The quantitative estimate of drug-likeness (QED) is 0.617. The number of carbonyl (C=O) groups excluding carboxylic acids is 1. The second kappa shape index (κ2) is 4.85. The fourth-order valence-electron chi connectivity index (χ4n) is 0.377. The van der Waals surface area contributed by atoms with Crippen molar-refractivity contribution in [3.63, 3.8) is 0 Å². The van der Waals surface area contributed by atoms with Crippen molar-refractivity contribution in [2.45, 2.75) is 13.3 Å². The molecule has 0 saturated carbocycles. The number of nitrogens with zero attached hydrogens (tertiary/aromatic N) is 1. The van der Waals surface area contributed by atoms with E-state index in [1.54, 1.807) is 20.3 Å². The molecule has 0 rings (SSSR count). The van der Waals surface area contributed by atoms with Crippen molar-refractivity contribution in [2.24, 2.45) is 0 Å². The molecule has 0 heterocycles. The zero-order chi connectivity index (χ0) is 7.98. The second-order valence-corrected chi connectivity index (χ2v) is 2.15. The van der Waals surface area contributed by atoms with E-state index < -0.39 is 0 Å². The first-order chi connectivity index (χ1) is 4.68. The minimum atomic E-state index is -0.0929. The molecule has 0 fully saturated rings. The van der Waals surface area contributed by atoms with Crippen LogP contribution in [0, 0.1) is 0 Å². The Kier molecular flexibility index (Phi) is 4.37. The van der Waals surface area contributed by atoms with Gasteiger partial charge in [-0.25, -0.2) is 4.79 Å². The molecule has 0 aliphatic heterocycles. The van der Waals surface area contributed by atoms with Gasteiger partial charge in [0.1, 0.15) is 0 Å². The summed E-state index contributed by atoms with van der Waals surface area (Å²) in [7, 11) is 3.41. The maximum absolute atomic E-state index is 10.8. The lowest BCUT2D eigenvalue weighted by atomic mass is 10.5. The molecular weight excluding hydrogens is 128 g/mol. The molecule has 2 amide bonds. The monoisotopic (exact) mass is 142 g/mol. The van der Waals surface area contributed by atoms with Crippen molar-refractivity contribution in [2.75, 3.05) is 14.1 Å². The van der Waals surface area contributed by atoms with Crippen LogP contribution in [0.25, 0.3) is 0 Å². The van der Waals surface area contributed by atoms with Crippen molar-refractivity contribution in [3.05, 3.63) is 12.3 Å². The Labute approximate surface area is 61.7 Å². The van der Waals surface area contributed by atoms with Crippen LogP contribution in [-0.2, 0) is 0 Å². The van der Waals surface area contributed by atoms with Crippen molar-refractivity contribution in [3.8, 4) is 0 Å². The first-order valence-corrected chi connectivity index (χ1v) is 3.31. The van der Waals surface area contributed by atoms with Crippen molar-refractivity contribution in [1.82, 2.24) is 10.2 Å². The van der Waals surface area contributed by atoms with E-state index in [2.05, 4.69) is 5.32 Å². The zero-order valence-corrected chi connectivity index (χ0v) is 6.72. The molecule has 3 heteroatoms. The molecule has 58 valence electrons. The van der Waals surface area contributed by atoms with Crippen LogP contribution in [0.3, 0.4) is 0 Å². The van der Waals surface area contributed by atoms with E-state index in [0.29, 0.717) is 0 Å². The molecular formula is C7H14N2O. The van der Waals surface area contributed by atoms with Crippen LogP contribution in [-0.4, -0.2) is 25.0 Å². The first-order valence-electron chi connectivity index (χ1n) is 3.31. The van der Waals surface area contributed by atoms with E-state index in [0.717, 1.165) is 6.42 Å². The summed E-state index contributed by atoms with van der Waals surface area (Å²) in [5, 5.41) is 2.59. The summed E-state index contributed by atoms with van der Waals surface area (Å²) in [4.78, 5) is 12.3. The Hall–Kier alpha value is -0.990.